The molecule has 0 saturated carbocycles. The number of allylic oxidation sites excluding steroid dienone is 4. The molecule has 1 aliphatic rings. The quantitative estimate of drug-likeness (QED) is 0.152. The smallest absolute Gasteiger partial charge is 0.178 e. The molecule has 3 heterocycles. The number of furan rings is 2. The largest absolute Gasteiger partial charge is 0.452 e. The van der Waals surface area contributed by atoms with Crippen LogP contribution in [0.1, 0.15) is 37.8 Å². The Morgan fingerprint density at radius 3 is 1.35 bits per heavy atom. The lowest BCUT2D eigenvalue weighted by molar-refractivity contribution is 0.417. The Bertz CT molecular complexity index is 4340. The molecule has 0 aliphatic heterocycles. The van der Waals surface area contributed by atoms with Crippen LogP contribution in [0.15, 0.2) is 245 Å². The van der Waals surface area contributed by atoms with E-state index in [2.05, 4.69) is 269 Å². The summed E-state index contributed by atoms with van der Waals surface area (Å²) in [5, 5.41) is 6.67. The van der Waals surface area contributed by atoms with E-state index in [0.29, 0.717) is 0 Å². The van der Waals surface area contributed by atoms with Crippen molar-refractivity contribution in [2.24, 2.45) is 11.8 Å². The molecule has 2 atom stereocenters. The van der Waals surface area contributed by atoms with Crippen LogP contribution in [0.25, 0.3) is 127 Å². The first kappa shape index (κ1) is 45.9. The fourth-order valence-corrected chi connectivity index (χ4v) is 11.4. The van der Waals surface area contributed by atoms with Crippen molar-refractivity contribution in [1.29, 1.82) is 0 Å². The van der Waals surface area contributed by atoms with E-state index >= 15 is 0 Å². The standard InChI is InChI=1S/C62H41NO2.C10H16/c1-38-18-20-42(40-12-6-3-7-13-40)32-53(38)54-33-44(21-19-39(54)2)46-22-26-49-51-28-29-52-50-27-23-47(37-60(50)65-62(52)61(51)64-59(49)36-46)45-25-31-58-56(35-45)55-34-43(41-14-8-4-9-15-41)24-30-57(55)63(58)48-16-10-5-11-17-48;1-3-9(2)10-7-5-4-6-8-10/h3-37H,1-2H3;4-7,9-10H,3,8H2,1-2H3. The van der Waals surface area contributed by atoms with Crippen molar-refractivity contribution in [1.82, 2.24) is 4.57 Å². The third-order valence-corrected chi connectivity index (χ3v) is 15.9. The van der Waals surface area contributed by atoms with Gasteiger partial charge in [-0.25, -0.2) is 0 Å². The number of hydrogen-bond acceptors (Lipinski definition) is 2. The number of benzene rings is 10. The zero-order valence-electron chi connectivity index (χ0n) is 42.8. The van der Waals surface area contributed by atoms with E-state index < -0.39 is 0 Å². The van der Waals surface area contributed by atoms with E-state index in [0.717, 1.165) is 83.7 Å². The number of aryl methyl sites for hydroxylation is 2. The minimum atomic E-state index is 0.772. The van der Waals surface area contributed by atoms with Gasteiger partial charge in [-0.2, -0.15) is 0 Å². The van der Waals surface area contributed by atoms with Crippen LogP contribution in [0.2, 0.25) is 0 Å². The predicted molar refractivity (Wildman–Crippen MR) is 318 cm³/mol. The van der Waals surface area contributed by atoms with Crippen molar-refractivity contribution in [2.45, 2.75) is 40.5 Å². The first-order valence-corrected chi connectivity index (χ1v) is 26.5. The van der Waals surface area contributed by atoms with Crippen LogP contribution in [-0.2, 0) is 0 Å². The molecule has 0 amide bonds. The van der Waals surface area contributed by atoms with Crippen molar-refractivity contribution in [3.63, 3.8) is 0 Å². The Labute approximate surface area is 438 Å². The first-order valence-electron chi connectivity index (χ1n) is 26.5. The molecule has 3 heteroatoms. The summed E-state index contributed by atoms with van der Waals surface area (Å²) in [6.07, 6.45) is 11.4. The highest BCUT2D eigenvalue weighted by Gasteiger charge is 2.20. The van der Waals surface area contributed by atoms with Gasteiger partial charge < -0.3 is 13.4 Å². The number of rotatable bonds is 8. The van der Waals surface area contributed by atoms with E-state index in [-0.39, 0.29) is 0 Å². The highest BCUT2D eigenvalue weighted by molar-refractivity contribution is 6.19. The lowest BCUT2D eigenvalue weighted by Gasteiger charge is -2.19. The van der Waals surface area contributed by atoms with E-state index in [9.17, 15) is 0 Å². The Hall–Kier alpha value is -8.92. The SMILES string of the molecule is CCC(C)C1C=CC=CC1.Cc1ccc(-c2ccccc2)cc1-c1cc(-c2ccc3c(c2)oc2c3ccc3c4ccc(-c5ccc6c(c5)c5cc(-c7ccccc7)ccc5n6-c5ccccc5)cc4oc32)ccc1C. The molecule has 13 aromatic rings. The summed E-state index contributed by atoms with van der Waals surface area (Å²) in [5.74, 6) is 1.65. The number of aromatic nitrogens is 1. The Morgan fingerprint density at radius 2 is 0.853 bits per heavy atom. The van der Waals surface area contributed by atoms with Crippen molar-refractivity contribution < 1.29 is 8.83 Å². The molecular weight excluding hydrogens is 911 g/mol. The highest BCUT2D eigenvalue weighted by Crippen LogP contribution is 2.43. The summed E-state index contributed by atoms with van der Waals surface area (Å²) in [6.45, 7) is 8.98. The van der Waals surface area contributed by atoms with Crippen LogP contribution in [0, 0.1) is 25.7 Å². The van der Waals surface area contributed by atoms with Gasteiger partial charge in [-0.05, 0) is 184 Å². The minimum absolute atomic E-state index is 0.772. The third kappa shape index (κ3) is 8.35. The van der Waals surface area contributed by atoms with Crippen LogP contribution >= 0.6 is 0 Å². The lowest BCUT2D eigenvalue weighted by Crippen LogP contribution is -2.08. The van der Waals surface area contributed by atoms with Crippen LogP contribution in [0.4, 0.5) is 0 Å². The van der Waals surface area contributed by atoms with Gasteiger partial charge in [0.15, 0.2) is 11.2 Å². The van der Waals surface area contributed by atoms with Crippen molar-refractivity contribution >= 4 is 65.7 Å². The number of fused-ring (bicyclic) bond motifs is 10. The molecule has 3 aromatic heterocycles. The summed E-state index contributed by atoms with van der Waals surface area (Å²) < 4.78 is 15.9. The van der Waals surface area contributed by atoms with Gasteiger partial charge in [-0.1, -0.05) is 172 Å². The number of para-hydroxylation sites is 1. The maximum absolute atomic E-state index is 6.79. The number of nitrogens with zero attached hydrogens (tertiary/aromatic N) is 1. The third-order valence-electron chi connectivity index (χ3n) is 15.9. The average molecular weight is 968 g/mol. The Balaban J connectivity index is 0.000000488. The van der Waals surface area contributed by atoms with Crippen molar-refractivity contribution in [3.8, 4) is 61.3 Å². The lowest BCUT2D eigenvalue weighted by atomic mass is 9.87. The fourth-order valence-electron chi connectivity index (χ4n) is 11.4. The molecule has 3 nitrogen and oxygen atoms in total. The van der Waals surface area contributed by atoms with Crippen LogP contribution in [0.5, 0.6) is 0 Å². The van der Waals surface area contributed by atoms with Crippen LogP contribution in [0.3, 0.4) is 0 Å². The monoisotopic (exact) mass is 967 g/mol. The topological polar surface area (TPSA) is 31.2 Å². The fraction of sp³-hybridized carbons (Fsp3) is 0.111. The Kier molecular flexibility index (Phi) is 11.7. The second kappa shape index (κ2) is 19.2. The van der Waals surface area contributed by atoms with Gasteiger partial charge >= 0.3 is 0 Å². The van der Waals surface area contributed by atoms with E-state index in [1.807, 2.05) is 0 Å². The van der Waals surface area contributed by atoms with E-state index in [1.165, 1.54) is 79.2 Å². The number of hydrogen-bond donors (Lipinski definition) is 0. The molecule has 14 rings (SSSR count). The summed E-state index contributed by atoms with van der Waals surface area (Å²) in [7, 11) is 0. The van der Waals surface area contributed by atoms with Gasteiger partial charge in [-0.15, -0.1) is 0 Å². The molecule has 0 spiro atoms. The maximum Gasteiger partial charge on any atom is 0.178 e. The zero-order chi connectivity index (χ0) is 50.6. The summed E-state index contributed by atoms with van der Waals surface area (Å²) in [5.41, 5.74) is 21.1. The average Bonchev–Trinajstić information content (AvgIpc) is 4.16. The molecule has 75 heavy (non-hydrogen) atoms. The van der Waals surface area contributed by atoms with Gasteiger partial charge in [0.1, 0.15) is 11.2 Å². The van der Waals surface area contributed by atoms with Gasteiger partial charge in [-0.3, -0.25) is 0 Å². The first-order chi connectivity index (χ1) is 36.9. The zero-order valence-corrected chi connectivity index (χ0v) is 42.8. The summed E-state index contributed by atoms with van der Waals surface area (Å²) in [4.78, 5) is 0. The van der Waals surface area contributed by atoms with Gasteiger partial charge in [0.05, 0.1) is 11.0 Å². The maximum atomic E-state index is 6.79. The molecule has 0 N–H and O–H groups in total. The molecule has 0 fully saturated rings. The molecule has 2 unspecified atom stereocenters. The predicted octanol–water partition coefficient (Wildman–Crippen LogP) is 20.7. The van der Waals surface area contributed by atoms with Crippen molar-refractivity contribution in [2.75, 3.05) is 0 Å². The van der Waals surface area contributed by atoms with Crippen LogP contribution < -0.4 is 0 Å². The van der Waals surface area contributed by atoms with E-state index in [1.54, 1.807) is 0 Å². The molecule has 1 aliphatic carbocycles. The molecule has 0 bridgehead atoms. The molecule has 0 radical (unpaired) electrons. The Morgan fingerprint density at radius 1 is 0.427 bits per heavy atom. The second-order valence-corrected chi connectivity index (χ2v) is 20.5. The summed E-state index contributed by atoms with van der Waals surface area (Å²) in [6, 6.07) is 76.6. The van der Waals surface area contributed by atoms with E-state index in [4.69, 9.17) is 8.83 Å². The highest BCUT2D eigenvalue weighted by atomic mass is 16.4. The van der Waals surface area contributed by atoms with Gasteiger partial charge in [0.25, 0.3) is 0 Å². The van der Waals surface area contributed by atoms with Crippen molar-refractivity contribution in [3.05, 3.63) is 248 Å². The molecular formula is C72H57NO2. The molecule has 362 valence electrons. The van der Waals surface area contributed by atoms with Gasteiger partial charge in [0, 0.05) is 38.0 Å². The second-order valence-electron chi connectivity index (χ2n) is 20.5. The molecule has 10 aromatic carbocycles. The van der Waals surface area contributed by atoms with Crippen LogP contribution in [-0.4, -0.2) is 4.57 Å². The summed E-state index contributed by atoms with van der Waals surface area (Å²) >= 11 is 0. The van der Waals surface area contributed by atoms with Gasteiger partial charge in [0.2, 0.25) is 0 Å². The minimum Gasteiger partial charge on any atom is -0.452 e. The normalized spacial score (nSPS) is 13.8. The molecule has 0 saturated heterocycles.